The molecule has 1 aromatic heterocycles. The molecular formula is C20H20F3N5O3. The number of nitrogens with zero attached hydrogens (tertiary/aromatic N) is 3. The van der Waals surface area contributed by atoms with Gasteiger partial charge in [0.2, 0.25) is 0 Å². The Balaban J connectivity index is 1.64. The number of amides is 2. The molecular weight excluding hydrogens is 415 g/mol. The number of hydrogen-bond acceptors (Lipinski definition) is 4. The summed E-state index contributed by atoms with van der Waals surface area (Å²) in [6.07, 6.45) is -4.50. The van der Waals surface area contributed by atoms with Crippen molar-refractivity contribution in [1.82, 2.24) is 19.7 Å². The van der Waals surface area contributed by atoms with Gasteiger partial charge in [-0.25, -0.2) is 14.3 Å². The zero-order valence-corrected chi connectivity index (χ0v) is 16.7. The number of nitrogens with one attached hydrogen (secondary N) is 2. The molecule has 0 aliphatic heterocycles. The van der Waals surface area contributed by atoms with Crippen LogP contribution in [0.15, 0.2) is 53.3 Å². The second-order valence-electron chi connectivity index (χ2n) is 6.58. The number of methoxy groups -OCH3 is 1. The molecule has 3 aromatic rings. The van der Waals surface area contributed by atoms with Gasteiger partial charge in [-0.1, -0.05) is 12.1 Å². The van der Waals surface area contributed by atoms with Crippen LogP contribution in [0.1, 0.15) is 5.56 Å². The van der Waals surface area contributed by atoms with Gasteiger partial charge in [0.15, 0.2) is 5.82 Å². The Morgan fingerprint density at radius 2 is 1.87 bits per heavy atom. The number of aromatic nitrogens is 3. The van der Waals surface area contributed by atoms with Crippen molar-refractivity contribution < 1.29 is 22.7 Å². The van der Waals surface area contributed by atoms with E-state index in [2.05, 4.69) is 15.7 Å². The standard InChI is InChI=1S/C20H20F3N5O3/c1-27-17(13-4-3-5-14(12-13)20(21,22)23)26-28(19(27)30)11-10-24-18(29)25-15-6-8-16(31-2)9-7-15/h3-9,12H,10-11H2,1-2H3,(H2,24,25,29). The topological polar surface area (TPSA) is 90.2 Å². The summed E-state index contributed by atoms with van der Waals surface area (Å²) in [5.74, 6) is 0.746. The van der Waals surface area contributed by atoms with Gasteiger partial charge in [-0.05, 0) is 36.4 Å². The Bertz CT molecular complexity index is 1120. The maximum atomic E-state index is 13.0. The normalized spacial score (nSPS) is 11.3. The lowest BCUT2D eigenvalue weighted by atomic mass is 10.1. The monoisotopic (exact) mass is 435 g/mol. The maximum absolute atomic E-state index is 13.0. The molecule has 0 atom stereocenters. The fourth-order valence-corrected chi connectivity index (χ4v) is 2.84. The first-order chi connectivity index (χ1) is 14.7. The van der Waals surface area contributed by atoms with E-state index in [1.165, 1.54) is 26.3 Å². The van der Waals surface area contributed by atoms with Gasteiger partial charge in [0, 0.05) is 24.8 Å². The van der Waals surface area contributed by atoms with Crippen LogP contribution in [-0.4, -0.2) is 34.0 Å². The van der Waals surface area contributed by atoms with E-state index in [-0.39, 0.29) is 24.5 Å². The van der Waals surface area contributed by atoms with Crippen LogP contribution in [0, 0.1) is 0 Å². The minimum atomic E-state index is -4.50. The van der Waals surface area contributed by atoms with E-state index >= 15 is 0 Å². The number of rotatable bonds is 6. The number of alkyl halides is 3. The average molecular weight is 435 g/mol. The molecule has 0 unspecified atom stereocenters. The van der Waals surface area contributed by atoms with Gasteiger partial charge in [-0.3, -0.25) is 4.57 Å². The number of halogens is 3. The third kappa shape index (κ3) is 5.24. The Morgan fingerprint density at radius 3 is 2.52 bits per heavy atom. The van der Waals surface area contributed by atoms with Crippen molar-refractivity contribution in [3.05, 3.63) is 64.6 Å². The van der Waals surface area contributed by atoms with Crippen molar-refractivity contribution in [1.29, 1.82) is 0 Å². The number of hydrogen-bond donors (Lipinski definition) is 2. The van der Waals surface area contributed by atoms with Crippen molar-refractivity contribution in [3.63, 3.8) is 0 Å². The minimum absolute atomic E-state index is 0.0433. The van der Waals surface area contributed by atoms with Gasteiger partial charge in [-0.15, -0.1) is 5.10 Å². The SMILES string of the molecule is COc1ccc(NC(=O)NCCn2nc(-c3cccc(C(F)(F)F)c3)n(C)c2=O)cc1. The highest BCUT2D eigenvalue weighted by Crippen LogP contribution is 2.31. The Hall–Kier alpha value is -3.76. The largest absolute Gasteiger partial charge is 0.497 e. The molecule has 0 saturated carbocycles. The number of ether oxygens (including phenoxy) is 1. The van der Waals surface area contributed by atoms with E-state index in [0.717, 1.165) is 21.4 Å². The smallest absolute Gasteiger partial charge is 0.416 e. The number of carbonyl (C=O) groups is 1. The molecule has 3 rings (SSSR count). The number of urea groups is 1. The molecule has 2 aromatic carbocycles. The van der Waals surface area contributed by atoms with Crippen LogP contribution < -0.4 is 21.1 Å². The van der Waals surface area contributed by atoms with E-state index in [9.17, 15) is 22.8 Å². The molecule has 31 heavy (non-hydrogen) atoms. The third-order valence-electron chi connectivity index (χ3n) is 4.45. The average Bonchev–Trinajstić information content (AvgIpc) is 3.02. The molecule has 164 valence electrons. The van der Waals surface area contributed by atoms with Crippen molar-refractivity contribution in [2.75, 3.05) is 19.0 Å². The van der Waals surface area contributed by atoms with Gasteiger partial charge >= 0.3 is 17.9 Å². The van der Waals surface area contributed by atoms with Crippen molar-refractivity contribution >= 4 is 11.7 Å². The molecule has 8 nitrogen and oxygen atoms in total. The quantitative estimate of drug-likeness (QED) is 0.623. The molecule has 0 aliphatic rings. The summed E-state index contributed by atoms with van der Waals surface area (Å²) < 4.78 is 46.2. The van der Waals surface area contributed by atoms with Gasteiger partial charge in [0.1, 0.15) is 5.75 Å². The predicted octanol–water partition coefficient (Wildman–Crippen LogP) is 3.10. The molecule has 0 spiro atoms. The summed E-state index contributed by atoms with van der Waals surface area (Å²) in [5, 5.41) is 9.34. The highest BCUT2D eigenvalue weighted by atomic mass is 19.4. The van der Waals surface area contributed by atoms with E-state index in [1.54, 1.807) is 24.3 Å². The lowest BCUT2D eigenvalue weighted by Gasteiger charge is -2.08. The van der Waals surface area contributed by atoms with Crippen LogP contribution in [0.25, 0.3) is 11.4 Å². The van der Waals surface area contributed by atoms with E-state index in [0.29, 0.717) is 11.4 Å². The minimum Gasteiger partial charge on any atom is -0.497 e. The Morgan fingerprint density at radius 1 is 1.16 bits per heavy atom. The molecule has 0 saturated heterocycles. The molecule has 0 radical (unpaired) electrons. The summed E-state index contributed by atoms with van der Waals surface area (Å²) in [5.41, 5.74) is -0.618. The van der Waals surface area contributed by atoms with Gasteiger partial charge in [0.25, 0.3) is 0 Å². The van der Waals surface area contributed by atoms with Crippen LogP contribution in [0.2, 0.25) is 0 Å². The predicted molar refractivity (Wildman–Crippen MR) is 108 cm³/mol. The highest BCUT2D eigenvalue weighted by Gasteiger charge is 2.30. The number of anilines is 1. The lowest BCUT2D eigenvalue weighted by Crippen LogP contribution is -2.34. The summed E-state index contributed by atoms with van der Waals surface area (Å²) in [4.78, 5) is 24.4. The number of carbonyl (C=O) groups excluding carboxylic acids is 1. The lowest BCUT2D eigenvalue weighted by molar-refractivity contribution is -0.137. The molecule has 0 aliphatic carbocycles. The summed E-state index contributed by atoms with van der Waals surface area (Å²) >= 11 is 0. The first-order valence-electron chi connectivity index (χ1n) is 9.19. The zero-order valence-electron chi connectivity index (χ0n) is 16.7. The van der Waals surface area contributed by atoms with Gasteiger partial charge in [0.05, 0.1) is 19.2 Å². The second-order valence-corrected chi connectivity index (χ2v) is 6.58. The van der Waals surface area contributed by atoms with Crippen molar-refractivity contribution in [3.8, 4) is 17.1 Å². The first-order valence-corrected chi connectivity index (χ1v) is 9.19. The van der Waals surface area contributed by atoms with Crippen LogP contribution >= 0.6 is 0 Å². The van der Waals surface area contributed by atoms with Crippen LogP contribution in [0.4, 0.5) is 23.7 Å². The van der Waals surface area contributed by atoms with Gasteiger partial charge in [-0.2, -0.15) is 13.2 Å². The van der Waals surface area contributed by atoms with Crippen LogP contribution in [-0.2, 0) is 19.8 Å². The van der Waals surface area contributed by atoms with E-state index in [1.807, 2.05) is 0 Å². The highest BCUT2D eigenvalue weighted by molar-refractivity contribution is 5.89. The zero-order chi connectivity index (χ0) is 22.6. The summed E-state index contributed by atoms with van der Waals surface area (Å²) in [6.45, 7) is 0.128. The molecule has 0 fully saturated rings. The number of benzene rings is 2. The van der Waals surface area contributed by atoms with Gasteiger partial charge < -0.3 is 15.4 Å². The molecule has 0 bridgehead atoms. The van der Waals surface area contributed by atoms with Crippen LogP contribution in [0.3, 0.4) is 0 Å². The van der Waals surface area contributed by atoms with Crippen molar-refractivity contribution in [2.45, 2.75) is 12.7 Å². The molecule has 11 heteroatoms. The third-order valence-corrected chi connectivity index (χ3v) is 4.45. The summed E-state index contributed by atoms with van der Waals surface area (Å²) in [7, 11) is 2.96. The van der Waals surface area contributed by atoms with Crippen LogP contribution in [0.5, 0.6) is 5.75 Å². The second kappa shape index (κ2) is 8.94. The molecule has 2 N–H and O–H groups in total. The van der Waals surface area contributed by atoms with E-state index < -0.39 is 23.5 Å². The van der Waals surface area contributed by atoms with E-state index in [4.69, 9.17) is 4.74 Å². The fraction of sp³-hybridized carbons (Fsp3) is 0.250. The maximum Gasteiger partial charge on any atom is 0.416 e. The van der Waals surface area contributed by atoms with Crippen molar-refractivity contribution in [2.24, 2.45) is 7.05 Å². The molecule has 2 amide bonds. The first kappa shape index (κ1) is 21.9. The molecule has 1 heterocycles. The fourth-order valence-electron chi connectivity index (χ4n) is 2.84. The summed E-state index contributed by atoms with van der Waals surface area (Å²) in [6, 6.07) is 10.8. The Kier molecular flexibility index (Phi) is 6.33. The Labute approximate surface area is 175 Å².